The Balaban J connectivity index is 1.26. The predicted octanol–water partition coefficient (Wildman–Crippen LogP) is 6.61. The first kappa shape index (κ1) is 28.7. The van der Waals surface area contributed by atoms with Crippen LogP contribution in [0.5, 0.6) is 0 Å². The van der Waals surface area contributed by atoms with Gasteiger partial charge < -0.3 is 18.9 Å². The van der Waals surface area contributed by atoms with Gasteiger partial charge in [0.2, 0.25) is 0 Å². The molecule has 7 heteroatoms. The second-order valence-corrected chi connectivity index (χ2v) is 10.6. The highest BCUT2D eigenvalue weighted by atomic mass is 19.1. The Morgan fingerprint density at radius 2 is 1.79 bits per heavy atom. The minimum absolute atomic E-state index is 0.0613. The molecule has 0 saturated heterocycles. The van der Waals surface area contributed by atoms with Crippen LogP contribution in [0.1, 0.15) is 57.0 Å². The number of nitrogens with zero attached hydrogens (tertiary/aromatic N) is 3. The van der Waals surface area contributed by atoms with Crippen molar-refractivity contribution in [1.29, 1.82) is 0 Å². The Morgan fingerprint density at radius 1 is 1.00 bits per heavy atom. The summed E-state index contributed by atoms with van der Waals surface area (Å²) in [7, 11) is 4.08. The lowest BCUT2D eigenvalue weighted by atomic mass is 10.0. The van der Waals surface area contributed by atoms with Crippen molar-refractivity contribution in [2.45, 2.75) is 58.2 Å². The molecule has 1 aromatic heterocycles. The zero-order chi connectivity index (χ0) is 27.8. The summed E-state index contributed by atoms with van der Waals surface area (Å²) in [4.78, 5) is 19.1. The molecular formula is C32H40FN3O3. The van der Waals surface area contributed by atoms with Crippen LogP contribution >= 0.6 is 0 Å². The standard InChI is InChI=1S/C32H40FN3O3/c1-23(2)39-32(37)22-38-30(26-14-13-24-10-7-8-11-25(24)20-26)17-19-35(3)18-9-5-6-12-31-34-28-16-15-27(33)21-29(28)36(31)4/h7-8,10-11,13-16,20-21,23,30H,5-6,9,12,17-19,22H2,1-4H3. The molecule has 1 heterocycles. The Bertz CT molecular complexity index is 1380. The molecule has 0 saturated carbocycles. The third kappa shape index (κ3) is 8.10. The molecule has 1 unspecified atom stereocenters. The molecule has 0 bridgehead atoms. The Morgan fingerprint density at radius 3 is 2.59 bits per heavy atom. The van der Waals surface area contributed by atoms with Gasteiger partial charge in [-0.2, -0.15) is 0 Å². The molecule has 0 N–H and O–H groups in total. The lowest BCUT2D eigenvalue weighted by molar-refractivity contribution is -0.155. The van der Waals surface area contributed by atoms with Gasteiger partial charge in [0.15, 0.2) is 0 Å². The number of benzene rings is 3. The summed E-state index contributed by atoms with van der Waals surface area (Å²) in [5.41, 5.74) is 2.75. The molecular weight excluding hydrogens is 493 g/mol. The van der Waals surface area contributed by atoms with E-state index in [0.29, 0.717) is 0 Å². The number of hydrogen-bond donors (Lipinski definition) is 0. The molecule has 0 aliphatic carbocycles. The summed E-state index contributed by atoms with van der Waals surface area (Å²) >= 11 is 0. The van der Waals surface area contributed by atoms with E-state index in [1.165, 1.54) is 11.5 Å². The number of ether oxygens (including phenoxy) is 2. The number of carbonyl (C=O) groups excluding carboxylic acids is 1. The number of halogens is 1. The first-order chi connectivity index (χ1) is 18.8. The van der Waals surface area contributed by atoms with E-state index in [0.717, 1.165) is 73.0 Å². The fraction of sp³-hybridized carbons (Fsp3) is 0.438. The molecule has 0 aliphatic rings. The number of rotatable bonds is 14. The van der Waals surface area contributed by atoms with Crippen molar-refractivity contribution in [1.82, 2.24) is 14.5 Å². The average Bonchev–Trinajstić information content (AvgIpc) is 3.22. The van der Waals surface area contributed by atoms with Crippen molar-refractivity contribution in [2.75, 3.05) is 26.7 Å². The zero-order valence-electron chi connectivity index (χ0n) is 23.5. The molecule has 0 radical (unpaired) electrons. The molecule has 0 amide bonds. The number of carbonyl (C=O) groups is 1. The van der Waals surface area contributed by atoms with E-state index in [9.17, 15) is 9.18 Å². The van der Waals surface area contributed by atoms with Gasteiger partial charge in [0.05, 0.1) is 23.2 Å². The molecule has 0 spiro atoms. The van der Waals surface area contributed by atoms with Gasteiger partial charge in [0.25, 0.3) is 0 Å². The lowest BCUT2D eigenvalue weighted by Gasteiger charge is -2.23. The van der Waals surface area contributed by atoms with Crippen LogP contribution in [0.25, 0.3) is 21.8 Å². The Kier molecular flexibility index (Phi) is 10.1. The van der Waals surface area contributed by atoms with Gasteiger partial charge in [-0.25, -0.2) is 14.2 Å². The van der Waals surface area contributed by atoms with Crippen LogP contribution in [0, 0.1) is 5.82 Å². The zero-order valence-corrected chi connectivity index (χ0v) is 23.5. The largest absolute Gasteiger partial charge is 0.461 e. The van der Waals surface area contributed by atoms with Crippen LogP contribution in [0.3, 0.4) is 0 Å². The number of fused-ring (bicyclic) bond motifs is 2. The highest BCUT2D eigenvalue weighted by Gasteiger charge is 2.17. The number of aromatic nitrogens is 2. The van der Waals surface area contributed by atoms with Crippen molar-refractivity contribution < 1.29 is 18.7 Å². The Labute approximate surface area is 230 Å². The van der Waals surface area contributed by atoms with Gasteiger partial charge in [0, 0.05) is 20.0 Å². The summed E-state index contributed by atoms with van der Waals surface area (Å²) in [6.45, 7) is 5.45. The van der Waals surface area contributed by atoms with Crippen molar-refractivity contribution >= 4 is 27.8 Å². The SMILES string of the molecule is CC(C)OC(=O)COC(CCN(C)CCCCCc1nc2ccc(F)cc2n1C)c1ccc2ccccc2c1. The number of aryl methyl sites for hydroxylation is 2. The molecule has 39 heavy (non-hydrogen) atoms. The maximum absolute atomic E-state index is 13.6. The van der Waals surface area contributed by atoms with Crippen molar-refractivity contribution in [3.8, 4) is 0 Å². The maximum atomic E-state index is 13.6. The fourth-order valence-corrected chi connectivity index (χ4v) is 4.95. The second-order valence-electron chi connectivity index (χ2n) is 10.6. The number of unbranched alkanes of at least 4 members (excludes halogenated alkanes) is 2. The van der Waals surface area contributed by atoms with Crippen LogP contribution in [0.2, 0.25) is 0 Å². The quantitative estimate of drug-likeness (QED) is 0.135. The van der Waals surface area contributed by atoms with Crippen LogP contribution in [-0.4, -0.2) is 53.3 Å². The summed E-state index contributed by atoms with van der Waals surface area (Å²) in [5.74, 6) is 0.425. The molecule has 0 aliphatic heterocycles. The predicted molar refractivity (Wildman–Crippen MR) is 154 cm³/mol. The van der Waals surface area contributed by atoms with Gasteiger partial charge in [-0.1, -0.05) is 42.8 Å². The third-order valence-corrected chi connectivity index (χ3v) is 7.06. The molecule has 0 fully saturated rings. The number of imidazole rings is 1. The van der Waals surface area contributed by atoms with Crippen LogP contribution in [-0.2, 0) is 27.7 Å². The first-order valence-corrected chi connectivity index (χ1v) is 13.9. The summed E-state index contributed by atoms with van der Waals surface area (Å²) in [6.07, 6.45) is 4.50. The topological polar surface area (TPSA) is 56.6 Å². The van der Waals surface area contributed by atoms with E-state index >= 15 is 0 Å². The maximum Gasteiger partial charge on any atom is 0.332 e. The van der Waals surface area contributed by atoms with E-state index in [1.807, 2.05) is 37.6 Å². The smallest absolute Gasteiger partial charge is 0.332 e. The summed E-state index contributed by atoms with van der Waals surface area (Å²) in [6, 6.07) is 19.4. The first-order valence-electron chi connectivity index (χ1n) is 13.9. The summed E-state index contributed by atoms with van der Waals surface area (Å²) in [5, 5.41) is 2.34. The van der Waals surface area contributed by atoms with E-state index in [2.05, 4.69) is 47.3 Å². The normalized spacial score (nSPS) is 12.6. The van der Waals surface area contributed by atoms with Gasteiger partial charge in [-0.3, -0.25) is 0 Å². The van der Waals surface area contributed by atoms with E-state index in [4.69, 9.17) is 9.47 Å². The molecule has 3 aromatic carbocycles. The molecule has 1 atom stereocenters. The van der Waals surface area contributed by atoms with E-state index in [-0.39, 0.29) is 30.6 Å². The van der Waals surface area contributed by atoms with Crippen molar-refractivity contribution in [3.63, 3.8) is 0 Å². The second kappa shape index (κ2) is 13.7. The van der Waals surface area contributed by atoms with Gasteiger partial charge in [0.1, 0.15) is 18.2 Å². The van der Waals surface area contributed by atoms with Crippen LogP contribution < -0.4 is 0 Å². The fourth-order valence-electron chi connectivity index (χ4n) is 4.95. The highest BCUT2D eigenvalue weighted by Crippen LogP contribution is 2.26. The monoisotopic (exact) mass is 533 g/mol. The van der Waals surface area contributed by atoms with Gasteiger partial charge >= 0.3 is 5.97 Å². The van der Waals surface area contributed by atoms with Crippen molar-refractivity contribution in [3.05, 3.63) is 77.9 Å². The van der Waals surface area contributed by atoms with Crippen LogP contribution in [0.4, 0.5) is 4.39 Å². The van der Waals surface area contributed by atoms with Crippen molar-refractivity contribution in [2.24, 2.45) is 7.05 Å². The molecule has 6 nitrogen and oxygen atoms in total. The summed E-state index contributed by atoms with van der Waals surface area (Å²) < 4.78 is 26.9. The average molecular weight is 534 g/mol. The molecule has 4 aromatic rings. The van der Waals surface area contributed by atoms with Gasteiger partial charge in [-0.15, -0.1) is 0 Å². The number of esters is 1. The van der Waals surface area contributed by atoms with E-state index in [1.54, 1.807) is 12.1 Å². The highest BCUT2D eigenvalue weighted by molar-refractivity contribution is 5.83. The molecule has 4 rings (SSSR count). The third-order valence-electron chi connectivity index (χ3n) is 7.06. The minimum Gasteiger partial charge on any atom is -0.461 e. The number of hydrogen-bond acceptors (Lipinski definition) is 5. The minimum atomic E-state index is -0.338. The Hall–Kier alpha value is -3.29. The van der Waals surface area contributed by atoms with Crippen LogP contribution in [0.15, 0.2) is 60.7 Å². The molecule has 208 valence electrons. The van der Waals surface area contributed by atoms with E-state index < -0.39 is 0 Å². The van der Waals surface area contributed by atoms with Gasteiger partial charge in [-0.05, 0) is 87.3 Å². The lowest BCUT2D eigenvalue weighted by Crippen LogP contribution is -2.24.